The monoisotopic (exact) mass is 313 g/mol. The van der Waals surface area contributed by atoms with Crippen LogP contribution in [0.3, 0.4) is 0 Å². The molecule has 0 saturated carbocycles. The maximum Gasteiger partial charge on any atom is 0.147 e. The number of allylic oxidation sites excluding steroid dienone is 1. The van der Waals surface area contributed by atoms with Crippen LogP contribution >= 0.6 is 0 Å². The molecule has 116 valence electrons. The minimum atomic E-state index is -0.886. The van der Waals surface area contributed by atoms with Gasteiger partial charge in [-0.05, 0) is 53.7 Å². The quantitative estimate of drug-likeness (QED) is 0.763. The predicted molar refractivity (Wildman–Crippen MR) is 83.0 cm³/mol. The molecule has 4 heteroatoms. The number of nitrogens with zero attached hydrogens (tertiary/aromatic N) is 1. The first-order valence-corrected chi connectivity index (χ1v) is 7.45. The minimum Gasteiger partial charge on any atom is -0.206 e. The molecule has 1 nitrogen and oxygen atoms in total. The fraction of sp³-hybridized carbons (Fsp3) is 0.211. The number of fused-ring (bicyclic) bond motifs is 1. The van der Waals surface area contributed by atoms with Gasteiger partial charge in [0.1, 0.15) is 29.1 Å². The van der Waals surface area contributed by atoms with E-state index in [9.17, 15) is 13.2 Å². The van der Waals surface area contributed by atoms with Crippen LogP contribution in [0.5, 0.6) is 0 Å². The standard InChI is InChI=1S/C19H14F3N/c1-2-11-3-5-14(17(20)7-11)12-4-6-15-13(8-12)9-18(21)16(10-23)19(15)22/h3,5,7-9H,2,4,6H2,1H3. The summed E-state index contributed by atoms with van der Waals surface area (Å²) in [5.74, 6) is -2.02. The molecule has 0 radical (unpaired) electrons. The summed E-state index contributed by atoms with van der Waals surface area (Å²) in [4.78, 5) is 0. The Hall–Kier alpha value is -2.54. The second-order valence-corrected chi connectivity index (χ2v) is 5.56. The van der Waals surface area contributed by atoms with Crippen LogP contribution in [-0.2, 0) is 12.8 Å². The molecule has 0 fully saturated rings. The van der Waals surface area contributed by atoms with Crippen molar-refractivity contribution < 1.29 is 13.2 Å². The molecule has 1 aliphatic rings. The van der Waals surface area contributed by atoms with Gasteiger partial charge < -0.3 is 0 Å². The zero-order valence-corrected chi connectivity index (χ0v) is 12.6. The Labute approximate surface area is 132 Å². The maximum absolute atomic E-state index is 14.2. The third-order valence-corrected chi connectivity index (χ3v) is 4.23. The largest absolute Gasteiger partial charge is 0.206 e. The maximum atomic E-state index is 14.2. The SMILES string of the molecule is CCc1ccc(C2=Cc3cc(F)c(C#N)c(F)c3CC2)c(F)c1. The van der Waals surface area contributed by atoms with Crippen LogP contribution in [0.1, 0.15) is 41.2 Å². The number of benzene rings is 2. The molecule has 0 atom stereocenters. The fourth-order valence-corrected chi connectivity index (χ4v) is 2.93. The number of rotatable bonds is 2. The molecular weight excluding hydrogens is 299 g/mol. The van der Waals surface area contributed by atoms with Gasteiger partial charge in [0.2, 0.25) is 0 Å². The Kier molecular flexibility index (Phi) is 3.96. The highest BCUT2D eigenvalue weighted by Crippen LogP contribution is 2.34. The molecule has 3 rings (SSSR count). The van der Waals surface area contributed by atoms with E-state index in [1.165, 1.54) is 6.07 Å². The van der Waals surface area contributed by atoms with Crippen molar-refractivity contribution in [1.82, 2.24) is 0 Å². The number of halogens is 3. The van der Waals surface area contributed by atoms with Crippen molar-refractivity contribution in [2.45, 2.75) is 26.2 Å². The number of hydrogen-bond acceptors (Lipinski definition) is 1. The lowest BCUT2D eigenvalue weighted by molar-refractivity contribution is 0.564. The summed E-state index contributed by atoms with van der Waals surface area (Å²) in [6, 6.07) is 7.75. The van der Waals surface area contributed by atoms with Crippen LogP contribution in [0, 0.1) is 28.8 Å². The van der Waals surface area contributed by atoms with Gasteiger partial charge in [0.05, 0.1) is 0 Å². The second kappa shape index (κ2) is 5.92. The Morgan fingerprint density at radius 3 is 2.52 bits per heavy atom. The van der Waals surface area contributed by atoms with Crippen LogP contribution < -0.4 is 0 Å². The van der Waals surface area contributed by atoms with E-state index in [1.54, 1.807) is 18.2 Å². The summed E-state index contributed by atoms with van der Waals surface area (Å²) in [7, 11) is 0. The average Bonchev–Trinajstić information content (AvgIpc) is 2.54. The first kappa shape index (κ1) is 15.4. The molecular formula is C19H14F3N. The zero-order chi connectivity index (χ0) is 16.6. The first-order chi connectivity index (χ1) is 11.0. The van der Waals surface area contributed by atoms with Gasteiger partial charge in [0.15, 0.2) is 0 Å². The Morgan fingerprint density at radius 2 is 1.87 bits per heavy atom. The summed E-state index contributed by atoms with van der Waals surface area (Å²) < 4.78 is 42.2. The van der Waals surface area contributed by atoms with Crippen molar-refractivity contribution in [3.05, 3.63) is 69.5 Å². The Bertz CT molecular complexity index is 860. The molecule has 0 saturated heterocycles. The van der Waals surface area contributed by atoms with Gasteiger partial charge in [-0.2, -0.15) is 5.26 Å². The van der Waals surface area contributed by atoms with E-state index >= 15 is 0 Å². The van der Waals surface area contributed by atoms with E-state index in [0.717, 1.165) is 18.1 Å². The first-order valence-electron chi connectivity index (χ1n) is 7.45. The summed E-state index contributed by atoms with van der Waals surface area (Å²) in [5, 5.41) is 8.82. The zero-order valence-electron chi connectivity index (χ0n) is 12.6. The Balaban J connectivity index is 2.10. The van der Waals surface area contributed by atoms with Crippen molar-refractivity contribution in [3.63, 3.8) is 0 Å². The van der Waals surface area contributed by atoms with Crippen molar-refractivity contribution in [1.29, 1.82) is 5.26 Å². The molecule has 0 aliphatic heterocycles. The molecule has 0 bridgehead atoms. The van der Waals surface area contributed by atoms with Crippen molar-refractivity contribution in [2.24, 2.45) is 0 Å². The summed E-state index contributed by atoms with van der Waals surface area (Å²) in [5.41, 5.74) is 2.20. The molecule has 0 unspecified atom stereocenters. The van der Waals surface area contributed by atoms with Gasteiger partial charge in [-0.15, -0.1) is 0 Å². The lowest BCUT2D eigenvalue weighted by Gasteiger charge is -2.19. The smallest absolute Gasteiger partial charge is 0.147 e. The number of aryl methyl sites for hydroxylation is 1. The van der Waals surface area contributed by atoms with Crippen molar-refractivity contribution >= 4 is 11.6 Å². The van der Waals surface area contributed by atoms with Gasteiger partial charge in [0.25, 0.3) is 0 Å². The molecule has 0 spiro atoms. The van der Waals surface area contributed by atoms with Gasteiger partial charge in [0, 0.05) is 5.56 Å². The fourth-order valence-electron chi connectivity index (χ4n) is 2.93. The van der Waals surface area contributed by atoms with Crippen molar-refractivity contribution in [3.8, 4) is 6.07 Å². The van der Waals surface area contributed by atoms with E-state index in [2.05, 4.69) is 0 Å². The van der Waals surface area contributed by atoms with E-state index in [1.807, 2.05) is 13.0 Å². The van der Waals surface area contributed by atoms with E-state index in [-0.39, 0.29) is 5.82 Å². The molecule has 0 heterocycles. The molecule has 0 amide bonds. The highest BCUT2D eigenvalue weighted by Gasteiger charge is 2.22. The second-order valence-electron chi connectivity index (χ2n) is 5.56. The van der Waals surface area contributed by atoms with Gasteiger partial charge in [-0.3, -0.25) is 0 Å². The normalized spacial score (nSPS) is 13.3. The van der Waals surface area contributed by atoms with E-state index in [4.69, 9.17) is 5.26 Å². The third kappa shape index (κ3) is 2.63. The van der Waals surface area contributed by atoms with Crippen LogP contribution in [0.4, 0.5) is 13.2 Å². The number of hydrogen-bond donors (Lipinski definition) is 0. The number of nitriles is 1. The summed E-state index contributed by atoms with van der Waals surface area (Å²) in [6.45, 7) is 1.95. The van der Waals surface area contributed by atoms with Crippen LogP contribution in [0.2, 0.25) is 0 Å². The van der Waals surface area contributed by atoms with Crippen molar-refractivity contribution in [2.75, 3.05) is 0 Å². The average molecular weight is 313 g/mol. The highest BCUT2D eigenvalue weighted by molar-refractivity contribution is 5.85. The topological polar surface area (TPSA) is 23.8 Å². The molecule has 2 aromatic carbocycles. The van der Waals surface area contributed by atoms with Crippen LogP contribution in [0.15, 0.2) is 24.3 Å². The minimum absolute atomic E-state index is 0.316. The lowest BCUT2D eigenvalue weighted by Crippen LogP contribution is -2.07. The van der Waals surface area contributed by atoms with Crippen LogP contribution in [0.25, 0.3) is 11.6 Å². The molecule has 1 aliphatic carbocycles. The summed E-state index contributed by atoms with van der Waals surface area (Å²) in [6.07, 6.45) is 3.11. The third-order valence-electron chi connectivity index (χ3n) is 4.23. The molecule has 2 aromatic rings. The van der Waals surface area contributed by atoms with Gasteiger partial charge in [-0.25, -0.2) is 13.2 Å². The highest BCUT2D eigenvalue weighted by atomic mass is 19.1. The summed E-state index contributed by atoms with van der Waals surface area (Å²) >= 11 is 0. The molecule has 0 N–H and O–H groups in total. The Morgan fingerprint density at radius 1 is 1.09 bits per heavy atom. The molecule has 23 heavy (non-hydrogen) atoms. The van der Waals surface area contributed by atoms with Gasteiger partial charge in [-0.1, -0.05) is 25.1 Å². The van der Waals surface area contributed by atoms with E-state index in [0.29, 0.717) is 35.1 Å². The van der Waals surface area contributed by atoms with Gasteiger partial charge >= 0.3 is 0 Å². The van der Waals surface area contributed by atoms with Crippen LogP contribution in [-0.4, -0.2) is 0 Å². The van der Waals surface area contributed by atoms with E-state index < -0.39 is 17.2 Å². The predicted octanol–water partition coefficient (Wildman–Crippen LogP) is 5.02. The molecule has 0 aromatic heterocycles. The lowest BCUT2D eigenvalue weighted by atomic mass is 9.87.